The predicted molar refractivity (Wildman–Crippen MR) is 96.2 cm³/mol. The van der Waals surface area contributed by atoms with Gasteiger partial charge in [0.15, 0.2) is 0 Å². The molecule has 0 aliphatic carbocycles. The molecule has 2 aromatic carbocycles. The third-order valence-electron chi connectivity index (χ3n) is 3.60. The quantitative estimate of drug-likeness (QED) is 0.712. The number of hydrogen-bond acceptors (Lipinski definition) is 3. The van der Waals surface area contributed by atoms with Crippen LogP contribution in [0.2, 0.25) is 0 Å². The highest BCUT2D eigenvalue weighted by molar-refractivity contribution is 5.93. The molecule has 0 atom stereocenters. The average Bonchev–Trinajstić information content (AvgIpc) is 3.17. The molecule has 0 radical (unpaired) electrons. The van der Waals surface area contributed by atoms with E-state index in [2.05, 4.69) is 27.4 Å². The molecule has 0 bridgehead atoms. The van der Waals surface area contributed by atoms with Gasteiger partial charge in [-0.15, -0.1) is 0 Å². The molecule has 3 rings (SSSR count). The summed E-state index contributed by atoms with van der Waals surface area (Å²) in [7, 11) is 1.59. The molecule has 0 aliphatic heterocycles. The van der Waals surface area contributed by atoms with Crippen LogP contribution in [0.15, 0.2) is 54.6 Å². The number of ether oxygens (including phenoxy) is 1. The summed E-state index contributed by atoms with van der Waals surface area (Å²) in [6.45, 7) is 0.170. The molecule has 0 aliphatic rings. The second kappa shape index (κ2) is 7.99. The van der Waals surface area contributed by atoms with Gasteiger partial charge in [0.05, 0.1) is 19.3 Å². The summed E-state index contributed by atoms with van der Waals surface area (Å²) < 4.78 is 18.0. The first-order valence-corrected chi connectivity index (χ1v) is 7.88. The van der Waals surface area contributed by atoms with E-state index in [4.69, 9.17) is 4.74 Å². The molecule has 1 amide bonds. The summed E-state index contributed by atoms with van der Waals surface area (Å²) in [5, 5.41) is 9.55. The molecule has 1 aromatic heterocycles. The average molecular weight is 349 g/mol. The highest BCUT2D eigenvalue weighted by atomic mass is 19.1. The highest BCUT2D eigenvalue weighted by Gasteiger charge is 2.10. The molecule has 130 valence electrons. The van der Waals surface area contributed by atoms with Crippen molar-refractivity contribution in [1.82, 2.24) is 15.5 Å². The molecule has 0 unspecified atom stereocenters. The maximum absolute atomic E-state index is 12.8. The van der Waals surface area contributed by atoms with Crippen LogP contribution < -0.4 is 10.1 Å². The summed E-state index contributed by atoms with van der Waals surface area (Å²) >= 11 is 0. The van der Waals surface area contributed by atoms with E-state index in [0.717, 1.165) is 5.56 Å². The topological polar surface area (TPSA) is 67.0 Å². The maximum Gasteiger partial charge on any atom is 0.270 e. The van der Waals surface area contributed by atoms with Crippen LogP contribution in [0.5, 0.6) is 5.75 Å². The lowest BCUT2D eigenvalue weighted by molar-refractivity contribution is 0.0953. The van der Waals surface area contributed by atoms with Crippen molar-refractivity contribution in [3.63, 3.8) is 0 Å². The SMILES string of the molecule is COc1cccc(-c2cc(C(=O)NCC#Cc3ccc(F)cc3)[nH]n2)c1. The number of aromatic nitrogens is 2. The van der Waals surface area contributed by atoms with Gasteiger partial charge in [0.1, 0.15) is 17.3 Å². The predicted octanol–water partition coefficient (Wildman–Crippen LogP) is 3.01. The number of rotatable bonds is 4. The number of benzene rings is 2. The first-order chi connectivity index (χ1) is 12.7. The second-order valence-corrected chi connectivity index (χ2v) is 5.39. The molecule has 0 saturated heterocycles. The molecule has 6 heteroatoms. The largest absolute Gasteiger partial charge is 0.497 e. The molecule has 0 spiro atoms. The van der Waals surface area contributed by atoms with Crippen molar-refractivity contribution in [3.8, 4) is 28.8 Å². The van der Waals surface area contributed by atoms with Crippen LogP contribution in [-0.2, 0) is 0 Å². The summed E-state index contributed by atoms with van der Waals surface area (Å²) in [6.07, 6.45) is 0. The van der Waals surface area contributed by atoms with E-state index in [1.165, 1.54) is 12.1 Å². The van der Waals surface area contributed by atoms with E-state index in [-0.39, 0.29) is 18.3 Å². The number of carbonyl (C=O) groups is 1. The van der Waals surface area contributed by atoms with Gasteiger partial charge in [0.25, 0.3) is 5.91 Å². The minimum atomic E-state index is -0.310. The Morgan fingerprint density at radius 3 is 2.81 bits per heavy atom. The molecule has 0 saturated carbocycles. The van der Waals surface area contributed by atoms with Crippen molar-refractivity contribution in [3.05, 3.63) is 71.7 Å². The zero-order chi connectivity index (χ0) is 18.4. The number of methoxy groups -OCH3 is 1. The lowest BCUT2D eigenvalue weighted by Crippen LogP contribution is -2.23. The van der Waals surface area contributed by atoms with Crippen molar-refractivity contribution < 1.29 is 13.9 Å². The Morgan fingerprint density at radius 2 is 2.04 bits per heavy atom. The number of amides is 1. The number of carbonyl (C=O) groups excluding carboxylic acids is 1. The van der Waals surface area contributed by atoms with E-state index in [0.29, 0.717) is 22.7 Å². The third kappa shape index (κ3) is 4.28. The molecule has 26 heavy (non-hydrogen) atoms. The van der Waals surface area contributed by atoms with Gasteiger partial charge in [-0.1, -0.05) is 24.0 Å². The smallest absolute Gasteiger partial charge is 0.270 e. The number of hydrogen-bond donors (Lipinski definition) is 2. The van der Waals surface area contributed by atoms with Crippen molar-refractivity contribution in [2.75, 3.05) is 13.7 Å². The minimum absolute atomic E-state index is 0.170. The van der Waals surface area contributed by atoms with Crippen molar-refractivity contribution >= 4 is 5.91 Å². The summed E-state index contributed by atoms with van der Waals surface area (Å²) in [6, 6.07) is 14.9. The Bertz CT molecular complexity index is 968. The zero-order valence-electron chi connectivity index (χ0n) is 14.0. The van der Waals surface area contributed by atoms with Crippen molar-refractivity contribution in [2.24, 2.45) is 0 Å². The summed E-state index contributed by atoms with van der Waals surface area (Å²) in [5.41, 5.74) is 2.51. The first kappa shape index (κ1) is 17.2. The Morgan fingerprint density at radius 1 is 1.23 bits per heavy atom. The van der Waals surface area contributed by atoms with Gasteiger partial charge in [-0.25, -0.2) is 4.39 Å². The molecule has 1 heterocycles. The Balaban J connectivity index is 1.60. The number of nitrogens with zero attached hydrogens (tertiary/aromatic N) is 1. The van der Waals surface area contributed by atoms with Crippen LogP contribution in [0, 0.1) is 17.7 Å². The Hall–Kier alpha value is -3.59. The van der Waals surface area contributed by atoms with E-state index in [1.807, 2.05) is 24.3 Å². The number of H-pyrrole nitrogens is 1. The Kier molecular flexibility index (Phi) is 5.30. The van der Waals surface area contributed by atoms with Gasteiger partial charge >= 0.3 is 0 Å². The summed E-state index contributed by atoms with van der Waals surface area (Å²) in [5.74, 6) is 5.77. The van der Waals surface area contributed by atoms with Crippen LogP contribution in [-0.4, -0.2) is 29.8 Å². The van der Waals surface area contributed by atoms with Crippen molar-refractivity contribution in [1.29, 1.82) is 0 Å². The molecule has 0 fully saturated rings. The number of aromatic amines is 1. The van der Waals surface area contributed by atoms with Crippen LogP contribution in [0.3, 0.4) is 0 Å². The minimum Gasteiger partial charge on any atom is -0.497 e. The van der Waals surface area contributed by atoms with E-state index in [1.54, 1.807) is 25.3 Å². The Labute approximate surface area is 150 Å². The van der Waals surface area contributed by atoms with Crippen LogP contribution in [0.25, 0.3) is 11.3 Å². The van der Waals surface area contributed by atoms with Gasteiger partial charge in [0.2, 0.25) is 0 Å². The fraction of sp³-hybridized carbons (Fsp3) is 0.100. The maximum atomic E-state index is 12.8. The lowest BCUT2D eigenvalue weighted by atomic mass is 10.1. The zero-order valence-corrected chi connectivity index (χ0v) is 14.0. The van der Waals surface area contributed by atoms with E-state index < -0.39 is 0 Å². The van der Waals surface area contributed by atoms with Crippen LogP contribution in [0.1, 0.15) is 16.1 Å². The van der Waals surface area contributed by atoms with Gasteiger partial charge in [-0.3, -0.25) is 9.89 Å². The molecule has 3 aromatic rings. The molecule has 2 N–H and O–H groups in total. The third-order valence-corrected chi connectivity index (χ3v) is 3.60. The highest BCUT2D eigenvalue weighted by Crippen LogP contribution is 2.22. The monoisotopic (exact) mass is 349 g/mol. The fourth-order valence-electron chi connectivity index (χ4n) is 2.27. The van der Waals surface area contributed by atoms with Gasteiger partial charge < -0.3 is 10.1 Å². The van der Waals surface area contributed by atoms with E-state index in [9.17, 15) is 9.18 Å². The first-order valence-electron chi connectivity index (χ1n) is 7.88. The van der Waals surface area contributed by atoms with Crippen molar-refractivity contribution in [2.45, 2.75) is 0 Å². The van der Waals surface area contributed by atoms with Gasteiger partial charge in [-0.05, 0) is 42.5 Å². The lowest BCUT2D eigenvalue weighted by Gasteiger charge is -2.01. The number of nitrogens with one attached hydrogen (secondary N) is 2. The standard InChI is InChI=1S/C20H16FN3O2/c1-26-17-6-2-5-15(12-17)18-13-19(24-23-18)20(25)22-11-3-4-14-7-9-16(21)10-8-14/h2,5-10,12-13H,11H2,1H3,(H,22,25)(H,23,24). The van der Waals surface area contributed by atoms with E-state index >= 15 is 0 Å². The number of halogens is 1. The molecule has 5 nitrogen and oxygen atoms in total. The van der Waals surface area contributed by atoms with Gasteiger partial charge in [-0.2, -0.15) is 5.10 Å². The fourth-order valence-corrected chi connectivity index (χ4v) is 2.27. The summed E-state index contributed by atoms with van der Waals surface area (Å²) in [4.78, 5) is 12.1. The van der Waals surface area contributed by atoms with Crippen LogP contribution >= 0.6 is 0 Å². The van der Waals surface area contributed by atoms with Gasteiger partial charge in [0, 0.05) is 11.1 Å². The second-order valence-electron chi connectivity index (χ2n) is 5.39. The molecular formula is C20H16FN3O2. The van der Waals surface area contributed by atoms with Crippen LogP contribution in [0.4, 0.5) is 4.39 Å². The normalized spacial score (nSPS) is 9.92. The molecular weight excluding hydrogens is 333 g/mol.